The van der Waals surface area contributed by atoms with Crippen molar-refractivity contribution in [3.63, 3.8) is 0 Å². The van der Waals surface area contributed by atoms with Gasteiger partial charge in [-0.25, -0.2) is 0 Å². The molecule has 1 rings (SSSR count). The molecule has 4 N–H and O–H groups in total. The third-order valence-corrected chi connectivity index (χ3v) is 1.39. The van der Waals surface area contributed by atoms with Crippen molar-refractivity contribution in [1.29, 1.82) is 0 Å². The SMILES string of the molecule is NC1=CC(N)C(=O)CC1=O. The van der Waals surface area contributed by atoms with Gasteiger partial charge in [-0.05, 0) is 6.08 Å². The van der Waals surface area contributed by atoms with E-state index in [1.807, 2.05) is 0 Å². The number of allylic oxidation sites excluding steroid dienone is 1. The molecule has 1 atom stereocenters. The minimum atomic E-state index is -0.683. The number of ketones is 2. The molecular weight excluding hydrogens is 132 g/mol. The summed E-state index contributed by atoms with van der Waals surface area (Å²) in [6.45, 7) is 0. The van der Waals surface area contributed by atoms with Gasteiger partial charge in [0, 0.05) is 0 Å². The second kappa shape index (κ2) is 2.22. The molecule has 4 heteroatoms. The molecule has 0 amide bonds. The zero-order chi connectivity index (χ0) is 7.72. The molecule has 0 heterocycles. The van der Waals surface area contributed by atoms with Crippen LogP contribution in [0.25, 0.3) is 0 Å². The van der Waals surface area contributed by atoms with Crippen LogP contribution in [0.4, 0.5) is 0 Å². The summed E-state index contributed by atoms with van der Waals surface area (Å²) in [6, 6.07) is -0.683. The van der Waals surface area contributed by atoms with E-state index in [0.717, 1.165) is 0 Å². The number of hydrogen-bond acceptors (Lipinski definition) is 4. The number of Topliss-reactive ketones (excluding diaryl/α,β-unsaturated/α-hetero) is 2. The molecule has 4 nitrogen and oxygen atoms in total. The van der Waals surface area contributed by atoms with Crippen LogP contribution < -0.4 is 11.5 Å². The second-order valence-corrected chi connectivity index (χ2v) is 2.21. The Morgan fingerprint density at radius 1 is 1.50 bits per heavy atom. The highest BCUT2D eigenvalue weighted by Gasteiger charge is 2.22. The quantitative estimate of drug-likeness (QED) is 0.409. The van der Waals surface area contributed by atoms with Crippen LogP contribution in [0.5, 0.6) is 0 Å². The van der Waals surface area contributed by atoms with E-state index < -0.39 is 6.04 Å². The first-order valence-electron chi connectivity index (χ1n) is 2.90. The molecular formula is C6H8N2O2. The summed E-state index contributed by atoms with van der Waals surface area (Å²) in [6.07, 6.45) is 1.14. The summed E-state index contributed by atoms with van der Waals surface area (Å²) in [4.78, 5) is 21.4. The van der Waals surface area contributed by atoms with Crippen molar-refractivity contribution in [2.45, 2.75) is 12.5 Å². The maximum atomic E-state index is 10.7. The summed E-state index contributed by atoms with van der Waals surface area (Å²) < 4.78 is 0. The van der Waals surface area contributed by atoms with E-state index in [9.17, 15) is 9.59 Å². The molecule has 0 aromatic heterocycles. The summed E-state index contributed by atoms with van der Waals surface area (Å²) >= 11 is 0. The number of carbonyl (C=O) groups is 2. The first kappa shape index (κ1) is 6.95. The van der Waals surface area contributed by atoms with Gasteiger partial charge in [0.05, 0.1) is 18.2 Å². The molecule has 10 heavy (non-hydrogen) atoms. The number of nitrogens with two attached hydrogens (primary N) is 2. The average Bonchev–Trinajstić information content (AvgIpc) is 1.84. The first-order valence-corrected chi connectivity index (χ1v) is 2.90. The highest BCUT2D eigenvalue weighted by Crippen LogP contribution is 2.05. The molecule has 0 aromatic rings. The Bertz CT molecular complexity index is 220. The Kier molecular flexibility index (Phi) is 1.55. The molecule has 0 fully saturated rings. The fraction of sp³-hybridized carbons (Fsp3) is 0.333. The molecule has 0 aliphatic heterocycles. The minimum absolute atomic E-state index is 0.104. The van der Waals surface area contributed by atoms with Gasteiger partial charge in [0.2, 0.25) is 0 Å². The first-order chi connectivity index (χ1) is 4.61. The van der Waals surface area contributed by atoms with Crippen molar-refractivity contribution < 1.29 is 9.59 Å². The van der Waals surface area contributed by atoms with E-state index in [0.29, 0.717) is 0 Å². The van der Waals surface area contributed by atoms with Crippen LogP contribution in [0.3, 0.4) is 0 Å². The van der Waals surface area contributed by atoms with Crippen LogP contribution in [0.1, 0.15) is 6.42 Å². The lowest BCUT2D eigenvalue weighted by Gasteiger charge is -2.11. The molecule has 0 saturated heterocycles. The minimum Gasteiger partial charge on any atom is -0.396 e. The zero-order valence-electron chi connectivity index (χ0n) is 5.33. The standard InChI is InChI=1S/C6H8N2O2/c7-3-1-4(8)6(10)2-5(3)9/h1,3H,2,7-8H2. The maximum absolute atomic E-state index is 10.7. The molecule has 1 aliphatic carbocycles. The van der Waals surface area contributed by atoms with Crippen molar-refractivity contribution in [2.24, 2.45) is 11.5 Å². The van der Waals surface area contributed by atoms with Crippen LogP contribution in [-0.2, 0) is 9.59 Å². The fourth-order valence-electron chi connectivity index (χ4n) is 0.757. The van der Waals surface area contributed by atoms with Gasteiger partial charge in [-0.15, -0.1) is 0 Å². The van der Waals surface area contributed by atoms with E-state index in [1.54, 1.807) is 0 Å². The van der Waals surface area contributed by atoms with Crippen molar-refractivity contribution in [3.05, 3.63) is 11.8 Å². The van der Waals surface area contributed by atoms with Gasteiger partial charge in [0.15, 0.2) is 11.6 Å². The van der Waals surface area contributed by atoms with Gasteiger partial charge in [-0.2, -0.15) is 0 Å². The van der Waals surface area contributed by atoms with E-state index in [-0.39, 0.29) is 23.7 Å². The van der Waals surface area contributed by atoms with E-state index >= 15 is 0 Å². The van der Waals surface area contributed by atoms with Crippen LogP contribution in [0, 0.1) is 0 Å². The number of rotatable bonds is 0. The molecule has 0 bridgehead atoms. The van der Waals surface area contributed by atoms with E-state index in [2.05, 4.69) is 0 Å². The Morgan fingerprint density at radius 2 is 2.10 bits per heavy atom. The normalized spacial score (nSPS) is 26.5. The van der Waals surface area contributed by atoms with Crippen molar-refractivity contribution in [3.8, 4) is 0 Å². The Hall–Kier alpha value is -1.16. The third kappa shape index (κ3) is 1.06. The Morgan fingerprint density at radius 3 is 2.60 bits per heavy atom. The largest absolute Gasteiger partial charge is 0.396 e. The molecule has 0 saturated carbocycles. The van der Waals surface area contributed by atoms with Crippen molar-refractivity contribution in [2.75, 3.05) is 0 Å². The fourth-order valence-corrected chi connectivity index (χ4v) is 0.757. The van der Waals surface area contributed by atoms with Gasteiger partial charge < -0.3 is 11.5 Å². The van der Waals surface area contributed by atoms with Gasteiger partial charge >= 0.3 is 0 Å². The number of hydrogen-bond donors (Lipinski definition) is 2. The molecule has 0 radical (unpaired) electrons. The number of carbonyl (C=O) groups excluding carboxylic acids is 2. The van der Waals surface area contributed by atoms with Gasteiger partial charge in [0.25, 0.3) is 0 Å². The van der Waals surface area contributed by atoms with Crippen LogP contribution in [0.2, 0.25) is 0 Å². The summed E-state index contributed by atoms with van der Waals surface area (Å²) in [5, 5.41) is 0. The molecule has 1 aliphatic rings. The topological polar surface area (TPSA) is 86.2 Å². The van der Waals surface area contributed by atoms with Gasteiger partial charge in [-0.1, -0.05) is 0 Å². The highest BCUT2D eigenvalue weighted by molar-refractivity contribution is 6.12. The summed E-state index contributed by atoms with van der Waals surface area (Å²) in [5.41, 5.74) is 10.6. The zero-order valence-corrected chi connectivity index (χ0v) is 5.33. The van der Waals surface area contributed by atoms with E-state index in [4.69, 9.17) is 11.5 Å². The predicted molar refractivity (Wildman–Crippen MR) is 34.9 cm³/mol. The van der Waals surface area contributed by atoms with Crippen LogP contribution in [-0.4, -0.2) is 17.6 Å². The van der Waals surface area contributed by atoms with Gasteiger partial charge in [-0.3, -0.25) is 9.59 Å². The monoisotopic (exact) mass is 140 g/mol. The summed E-state index contributed by atoms with van der Waals surface area (Å²) in [5.74, 6) is -0.592. The summed E-state index contributed by atoms with van der Waals surface area (Å²) in [7, 11) is 0. The lowest BCUT2D eigenvalue weighted by atomic mass is 9.99. The second-order valence-electron chi connectivity index (χ2n) is 2.21. The average molecular weight is 140 g/mol. The van der Waals surface area contributed by atoms with Crippen LogP contribution in [0.15, 0.2) is 11.8 Å². The van der Waals surface area contributed by atoms with Crippen molar-refractivity contribution in [1.82, 2.24) is 0 Å². The molecule has 0 aromatic carbocycles. The molecule has 54 valence electrons. The maximum Gasteiger partial charge on any atom is 0.185 e. The van der Waals surface area contributed by atoms with Crippen LogP contribution >= 0.6 is 0 Å². The smallest absolute Gasteiger partial charge is 0.185 e. The third-order valence-electron chi connectivity index (χ3n) is 1.39. The predicted octanol–water partition coefficient (Wildman–Crippen LogP) is -1.30. The lowest BCUT2D eigenvalue weighted by molar-refractivity contribution is -0.126. The van der Waals surface area contributed by atoms with Crippen molar-refractivity contribution >= 4 is 11.6 Å². The van der Waals surface area contributed by atoms with E-state index in [1.165, 1.54) is 6.08 Å². The molecule has 1 unspecified atom stereocenters. The van der Waals surface area contributed by atoms with Gasteiger partial charge in [0.1, 0.15) is 0 Å². The Labute approximate surface area is 57.9 Å². The lowest BCUT2D eigenvalue weighted by Crippen LogP contribution is -2.36. The highest BCUT2D eigenvalue weighted by atomic mass is 16.2. The molecule has 0 spiro atoms. The Balaban J connectivity index is 2.89.